The van der Waals surface area contributed by atoms with Crippen molar-refractivity contribution in [1.29, 1.82) is 0 Å². The number of rotatable bonds is 5. The van der Waals surface area contributed by atoms with Crippen molar-refractivity contribution in [2.45, 2.75) is 18.5 Å². The summed E-state index contributed by atoms with van der Waals surface area (Å²) in [5.74, 6) is 0.139. The number of halogens is 1. The highest BCUT2D eigenvalue weighted by Gasteiger charge is 2.28. The third kappa shape index (κ3) is 4.69. The molecule has 0 aromatic heterocycles. The third-order valence-electron chi connectivity index (χ3n) is 3.57. The standard InChI is InChI=1S/C14H19ClN2O3S/c1-21(19,20)6-5-12-9-17(14(10-18)8-16-12)13-4-2-3-11(15)7-13/h2-4,7,10,12,14,16H,5-6,8-9H2,1H3/t12-,14?/m0/s1. The van der Waals surface area contributed by atoms with E-state index in [1.165, 1.54) is 6.26 Å². The first kappa shape index (κ1) is 16.3. The lowest BCUT2D eigenvalue weighted by atomic mass is 10.1. The molecule has 1 aliphatic rings. The molecular formula is C14H19ClN2O3S. The Bertz CT molecular complexity index is 606. The van der Waals surface area contributed by atoms with Crippen LogP contribution in [0.5, 0.6) is 0 Å². The lowest BCUT2D eigenvalue weighted by molar-refractivity contribution is -0.109. The summed E-state index contributed by atoms with van der Waals surface area (Å²) in [6, 6.07) is 7.11. The molecule has 1 aromatic rings. The summed E-state index contributed by atoms with van der Waals surface area (Å²) in [6.45, 7) is 1.09. The summed E-state index contributed by atoms with van der Waals surface area (Å²) in [7, 11) is -2.98. The minimum absolute atomic E-state index is 0.0370. The zero-order valence-electron chi connectivity index (χ0n) is 11.8. The Labute approximate surface area is 130 Å². The number of aldehydes is 1. The van der Waals surface area contributed by atoms with Gasteiger partial charge in [0.2, 0.25) is 0 Å². The van der Waals surface area contributed by atoms with Crippen molar-refractivity contribution in [2.75, 3.05) is 30.0 Å². The molecule has 0 bridgehead atoms. The number of nitrogens with zero attached hydrogens (tertiary/aromatic N) is 1. The molecule has 116 valence electrons. The smallest absolute Gasteiger partial charge is 0.147 e. The molecule has 1 aliphatic heterocycles. The van der Waals surface area contributed by atoms with Gasteiger partial charge in [-0.3, -0.25) is 0 Å². The van der Waals surface area contributed by atoms with E-state index in [1.54, 1.807) is 6.07 Å². The van der Waals surface area contributed by atoms with Crippen molar-refractivity contribution >= 4 is 33.4 Å². The Hall–Kier alpha value is -1.11. The Balaban J connectivity index is 2.11. The average Bonchev–Trinajstić information content (AvgIpc) is 2.44. The van der Waals surface area contributed by atoms with Crippen LogP contribution in [0.2, 0.25) is 5.02 Å². The Morgan fingerprint density at radius 1 is 1.48 bits per heavy atom. The van der Waals surface area contributed by atoms with E-state index < -0.39 is 9.84 Å². The van der Waals surface area contributed by atoms with Crippen LogP contribution in [0.4, 0.5) is 5.69 Å². The third-order valence-corrected chi connectivity index (χ3v) is 4.78. The van der Waals surface area contributed by atoms with Gasteiger partial charge in [-0.25, -0.2) is 8.42 Å². The molecule has 1 saturated heterocycles. The fourth-order valence-electron chi connectivity index (χ4n) is 2.46. The highest BCUT2D eigenvalue weighted by molar-refractivity contribution is 7.90. The van der Waals surface area contributed by atoms with E-state index in [2.05, 4.69) is 5.32 Å². The van der Waals surface area contributed by atoms with Crippen molar-refractivity contribution in [3.63, 3.8) is 0 Å². The van der Waals surface area contributed by atoms with Gasteiger partial charge < -0.3 is 15.0 Å². The molecule has 5 nitrogen and oxygen atoms in total. The fraction of sp³-hybridized carbons (Fsp3) is 0.500. The van der Waals surface area contributed by atoms with Crippen LogP contribution in [-0.2, 0) is 14.6 Å². The fourth-order valence-corrected chi connectivity index (χ4v) is 3.36. The number of carbonyl (C=O) groups is 1. The molecule has 1 fully saturated rings. The number of sulfone groups is 1. The Morgan fingerprint density at radius 2 is 2.24 bits per heavy atom. The van der Waals surface area contributed by atoms with Crippen LogP contribution in [0.1, 0.15) is 6.42 Å². The zero-order valence-corrected chi connectivity index (χ0v) is 13.4. The van der Waals surface area contributed by atoms with Gasteiger partial charge >= 0.3 is 0 Å². The lowest BCUT2D eigenvalue weighted by Gasteiger charge is -2.39. The molecular weight excluding hydrogens is 312 g/mol. The maximum atomic E-state index is 11.3. The topological polar surface area (TPSA) is 66.5 Å². The minimum Gasteiger partial charge on any atom is -0.359 e. The maximum absolute atomic E-state index is 11.3. The second-order valence-corrected chi connectivity index (χ2v) is 8.06. The van der Waals surface area contributed by atoms with Gasteiger partial charge in [-0.1, -0.05) is 17.7 Å². The molecule has 1 heterocycles. The zero-order chi connectivity index (χ0) is 15.5. The first-order valence-corrected chi connectivity index (χ1v) is 9.21. The monoisotopic (exact) mass is 330 g/mol. The van der Waals surface area contributed by atoms with Crippen LogP contribution >= 0.6 is 11.6 Å². The summed E-state index contributed by atoms with van der Waals surface area (Å²) < 4.78 is 22.6. The maximum Gasteiger partial charge on any atom is 0.147 e. The summed E-state index contributed by atoms with van der Waals surface area (Å²) in [6.07, 6.45) is 2.67. The summed E-state index contributed by atoms with van der Waals surface area (Å²) in [5, 5.41) is 3.85. The molecule has 0 radical (unpaired) electrons. The molecule has 0 saturated carbocycles. The van der Waals surface area contributed by atoms with Crippen LogP contribution in [-0.4, -0.2) is 51.9 Å². The number of carbonyl (C=O) groups excluding carboxylic acids is 1. The van der Waals surface area contributed by atoms with Gasteiger partial charge in [-0.05, 0) is 24.6 Å². The molecule has 7 heteroatoms. The van der Waals surface area contributed by atoms with Crippen molar-refractivity contribution in [3.05, 3.63) is 29.3 Å². The first-order valence-electron chi connectivity index (χ1n) is 6.77. The van der Waals surface area contributed by atoms with Crippen LogP contribution in [0.15, 0.2) is 24.3 Å². The summed E-state index contributed by atoms with van der Waals surface area (Å²) >= 11 is 6.00. The SMILES string of the molecule is CS(=O)(=O)CC[C@H]1CN(c2cccc(Cl)c2)C(C=O)CN1. The highest BCUT2D eigenvalue weighted by atomic mass is 35.5. The van der Waals surface area contributed by atoms with Crippen LogP contribution in [0, 0.1) is 0 Å². The summed E-state index contributed by atoms with van der Waals surface area (Å²) in [4.78, 5) is 13.2. The number of hydrogen-bond donors (Lipinski definition) is 1. The number of nitrogens with one attached hydrogen (secondary N) is 1. The van der Waals surface area contributed by atoms with Gasteiger partial charge in [0.25, 0.3) is 0 Å². The second kappa shape index (κ2) is 6.77. The Morgan fingerprint density at radius 3 is 2.86 bits per heavy atom. The number of hydrogen-bond acceptors (Lipinski definition) is 5. The van der Waals surface area contributed by atoms with Crippen LogP contribution < -0.4 is 10.2 Å². The molecule has 0 amide bonds. The molecule has 0 spiro atoms. The van der Waals surface area contributed by atoms with Gasteiger partial charge in [0.15, 0.2) is 0 Å². The quantitative estimate of drug-likeness (QED) is 0.820. The van der Waals surface area contributed by atoms with Crippen molar-refractivity contribution in [3.8, 4) is 0 Å². The predicted octanol–water partition coefficient (Wildman–Crippen LogP) is 1.12. The molecule has 1 N–H and O–H groups in total. The highest BCUT2D eigenvalue weighted by Crippen LogP contribution is 2.23. The van der Waals surface area contributed by atoms with Crippen molar-refractivity contribution in [1.82, 2.24) is 5.32 Å². The van der Waals surface area contributed by atoms with Gasteiger partial charge in [-0.15, -0.1) is 0 Å². The van der Waals surface area contributed by atoms with E-state index in [0.29, 0.717) is 24.5 Å². The molecule has 2 rings (SSSR count). The van der Waals surface area contributed by atoms with E-state index in [9.17, 15) is 13.2 Å². The van der Waals surface area contributed by atoms with Crippen molar-refractivity contribution in [2.24, 2.45) is 0 Å². The van der Waals surface area contributed by atoms with Crippen LogP contribution in [0.25, 0.3) is 0 Å². The molecule has 1 unspecified atom stereocenters. The Kier molecular flexibility index (Phi) is 5.24. The lowest BCUT2D eigenvalue weighted by Crippen LogP contribution is -2.57. The number of anilines is 1. The van der Waals surface area contributed by atoms with E-state index in [0.717, 1.165) is 12.0 Å². The van der Waals surface area contributed by atoms with Crippen LogP contribution in [0.3, 0.4) is 0 Å². The number of piperazine rings is 1. The largest absolute Gasteiger partial charge is 0.359 e. The second-order valence-electron chi connectivity index (χ2n) is 5.36. The molecule has 0 aliphatic carbocycles. The average molecular weight is 331 g/mol. The molecule has 2 atom stereocenters. The molecule has 21 heavy (non-hydrogen) atoms. The van der Waals surface area contributed by atoms with E-state index in [1.807, 2.05) is 23.1 Å². The van der Waals surface area contributed by atoms with E-state index in [4.69, 9.17) is 11.6 Å². The van der Waals surface area contributed by atoms with Gasteiger partial charge in [-0.2, -0.15) is 0 Å². The van der Waals surface area contributed by atoms with Crippen molar-refractivity contribution < 1.29 is 13.2 Å². The van der Waals surface area contributed by atoms with Gasteiger partial charge in [0.1, 0.15) is 16.1 Å². The molecule has 1 aromatic carbocycles. The number of benzene rings is 1. The van der Waals surface area contributed by atoms with Gasteiger partial charge in [0.05, 0.1) is 11.8 Å². The first-order chi connectivity index (χ1) is 9.89. The van der Waals surface area contributed by atoms with Gasteiger partial charge in [0, 0.05) is 36.1 Å². The van der Waals surface area contributed by atoms with E-state index >= 15 is 0 Å². The predicted molar refractivity (Wildman–Crippen MR) is 84.8 cm³/mol. The minimum atomic E-state index is -2.98. The van der Waals surface area contributed by atoms with E-state index in [-0.39, 0.29) is 17.8 Å². The summed E-state index contributed by atoms with van der Waals surface area (Å²) in [5.41, 5.74) is 0.880. The normalized spacial score (nSPS) is 23.0.